The molecule has 0 saturated heterocycles. The summed E-state index contributed by atoms with van der Waals surface area (Å²) in [4.78, 5) is 20.5. The van der Waals surface area contributed by atoms with Crippen molar-refractivity contribution in [1.82, 2.24) is 15.3 Å². The molecule has 10 heteroatoms. The zero-order chi connectivity index (χ0) is 20.9. The summed E-state index contributed by atoms with van der Waals surface area (Å²) in [5.74, 6) is -0.0563. The standard InChI is InChI=1S/C19H20F3N3O4/c1-27-17-18(24-11-10-23-17)28-14-8-4-13(5-9-14)25-16(26)12-2-6-15(7-3-12)29-19(20,21)22/h2-3,6-7,10-11,13-14H,4-5,8-9H2,1H3,(H,25,26). The van der Waals surface area contributed by atoms with Crippen LogP contribution in [-0.4, -0.2) is 41.5 Å². The maximum Gasteiger partial charge on any atom is 0.573 e. The lowest BCUT2D eigenvalue weighted by Gasteiger charge is -2.29. The predicted molar refractivity (Wildman–Crippen MR) is 95.8 cm³/mol. The Hall–Kier alpha value is -3.04. The molecule has 0 unspecified atom stereocenters. The third-order valence-corrected chi connectivity index (χ3v) is 4.46. The smallest absolute Gasteiger partial charge is 0.477 e. The fraction of sp³-hybridized carbons (Fsp3) is 0.421. The molecule has 1 aromatic carbocycles. The van der Waals surface area contributed by atoms with Crippen LogP contribution in [0.25, 0.3) is 0 Å². The van der Waals surface area contributed by atoms with E-state index in [1.54, 1.807) is 0 Å². The van der Waals surface area contributed by atoms with Crippen LogP contribution in [-0.2, 0) is 0 Å². The van der Waals surface area contributed by atoms with Crippen LogP contribution in [0.3, 0.4) is 0 Å². The second-order valence-corrected chi connectivity index (χ2v) is 6.51. The third-order valence-electron chi connectivity index (χ3n) is 4.46. The number of methoxy groups -OCH3 is 1. The van der Waals surface area contributed by atoms with Crippen molar-refractivity contribution in [3.05, 3.63) is 42.2 Å². The molecule has 7 nitrogen and oxygen atoms in total. The molecular formula is C19H20F3N3O4. The second-order valence-electron chi connectivity index (χ2n) is 6.51. The predicted octanol–water partition coefficient (Wildman–Crippen LogP) is 3.50. The van der Waals surface area contributed by atoms with E-state index in [-0.39, 0.29) is 29.4 Å². The average molecular weight is 411 g/mol. The van der Waals surface area contributed by atoms with Crippen LogP contribution in [0.15, 0.2) is 36.7 Å². The number of carbonyl (C=O) groups is 1. The molecule has 0 atom stereocenters. The van der Waals surface area contributed by atoms with Gasteiger partial charge < -0.3 is 19.5 Å². The molecule has 1 aliphatic carbocycles. The van der Waals surface area contributed by atoms with Gasteiger partial charge in [-0.1, -0.05) is 0 Å². The Balaban J connectivity index is 1.48. The summed E-state index contributed by atoms with van der Waals surface area (Å²) in [6, 6.07) is 4.78. The number of ether oxygens (including phenoxy) is 3. The van der Waals surface area contributed by atoms with Gasteiger partial charge in [0, 0.05) is 24.0 Å². The molecule has 2 aromatic rings. The fourth-order valence-corrected chi connectivity index (χ4v) is 3.09. The minimum Gasteiger partial charge on any atom is -0.477 e. The summed E-state index contributed by atoms with van der Waals surface area (Å²) in [7, 11) is 1.49. The number of nitrogens with one attached hydrogen (secondary N) is 1. The summed E-state index contributed by atoms with van der Waals surface area (Å²) in [6.45, 7) is 0. The Morgan fingerprint density at radius 1 is 1.03 bits per heavy atom. The number of aromatic nitrogens is 2. The van der Waals surface area contributed by atoms with Crippen molar-refractivity contribution in [2.75, 3.05) is 7.11 Å². The number of halogens is 3. The van der Waals surface area contributed by atoms with E-state index < -0.39 is 6.36 Å². The summed E-state index contributed by atoms with van der Waals surface area (Å²) < 4.78 is 51.4. The van der Waals surface area contributed by atoms with Crippen molar-refractivity contribution in [2.24, 2.45) is 0 Å². The van der Waals surface area contributed by atoms with E-state index in [9.17, 15) is 18.0 Å². The van der Waals surface area contributed by atoms with E-state index in [1.165, 1.54) is 31.6 Å². The summed E-state index contributed by atoms with van der Waals surface area (Å²) in [5.41, 5.74) is 0.266. The molecular weight excluding hydrogens is 391 g/mol. The van der Waals surface area contributed by atoms with Gasteiger partial charge in [-0.3, -0.25) is 4.79 Å². The van der Waals surface area contributed by atoms with Gasteiger partial charge in [-0.25, -0.2) is 9.97 Å². The van der Waals surface area contributed by atoms with E-state index in [2.05, 4.69) is 20.0 Å². The SMILES string of the molecule is COc1nccnc1OC1CCC(NC(=O)c2ccc(OC(F)(F)F)cc2)CC1. The summed E-state index contributed by atoms with van der Waals surface area (Å²) >= 11 is 0. The lowest BCUT2D eigenvalue weighted by molar-refractivity contribution is -0.274. The minimum absolute atomic E-state index is 0.0443. The molecule has 1 saturated carbocycles. The number of nitrogens with zero attached hydrogens (tertiary/aromatic N) is 2. The van der Waals surface area contributed by atoms with Gasteiger partial charge in [-0.05, 0) is 49.9 Å². The number of rotatable bonds is 6. The Labute approximate surface area is 165 Å². The van der Waals surface area contributed by atoms with Gasteiger partial charge in [0.1, 0.15) is 11.9 Å². The molecule has 3 rings (SSSR count). The van der Waals surface area contributed by atoms with Gasteiger partial charge in [0.05, 0.1) is 7.11 Å². The van der Waals surface area contributed by atoms with Crippen LogP contribution >= 0.6 is 0 Å². The highest BCUT2D eigenvalue weighted by Gasteiger charge is 2.31. The van der Waals surface area contributed by atoms with Gasteiger partial charge >= 0.3 is 6.36 Å². The first kappa shape index (κ1) is 20.7. The molecule has 1 N–H and O–H groups in total. The fourth-order valence-electron chi connectivity index (χ4n) is 3.09. The Morgan fingerprint density at radius 3 is 2.24 bits per heavy atom. The molecule has 1 heterocycles. The highest BCUT2D eigenvalue weighted by Crippen LogP contribution is 2.27. The first-order valence-electron chi connectivity index (χ1n) is 9.02. The molecule has 0 bridgehead atoms. The number of alkyl halides is 3. The second kappa shape index (κ2) is 8.97. The first-order valence-corrected chi connectivity index (χ1v) is 9.02. The molecule has 29 heavy (non-hydrogen) atoms. The van der Waals surface area contributed by atoms with Crippen molar-refractivity contribution < 1.29 is 32.2 Å². The largest absolute Gasteiger partial charge is 0.573 e. The first-order chi connectivity index (χ1) is 13.8. The normalized spacial score (nSPS) is 19.3. The van der Waals surface area contributed by atoms with Crippen LogP contribution in [0.5, 0.6) is 17.5 Å². The van der Waals surface area contributed by atoms with Crippen LogP contribution in [0.4, 0.5) is 13.2 Å². The minimum atomic E-state index is -4.76. The maximum atomic E-state index is 12.3. The van der Waals surface area contributed by atoms with Crippen molar-refractivity contribution in [3.8, 4) is 17.5 Å². The molecule has 156 valence electrons. The van der Waals surface area contributed by atoms with E-state index >= 15 is 0 Å². The maximum absolute atomic E-state index is 12.3. The Morgan fingerprint density at radius 2 is 1.66 bits per heavy atom. The number of amides is 1. The highest BCUT2D eigenvalue weighted by atomic mass is 19.4. The highest BCUT2D eigenvalue weighted by molar-refractivity contribution is 5.94. The van der Waals surface area contributed by atoms with E-state index in [0.29, 0.717) is 37.4 Å². The molecule has 1 amide bonds. The van der Waals surface area contributed by atoms with Crippen molar-refractivity contribution in [2.45, 2.75) is 44.2 Å². The van der Waals surface area contributed by atoms with Gasteiger partial charge in [0.25, 0.3) is 17.7 Å². The van der Waals surface area contributed by atoms with E-state index in [0.717, 1.165) is 12.1 Å². The zero-order valence-electron chi connectivity index (χ0n) is 15.6. The lowest BCUT2D eigenvalue weighted by atomic mass is 9.92. The molecule has 1 fully saturated rings. The molecule has 1 aliphatic rings. The van der Waals surface area contributed by atoms with Gasteiger partial charge in [0.15, 0.2) is 0 Å². The monoisotopic (exact) mass is 411 g/mol. The number of hydrogen-bond acceptors (Lipinski definition) is 6. The van der Waals surface area contributed by atoms with Gasteiger partial charge in [0.2, 0.25) is 0 Å². The molecule has 0 spiro atoms. The molecule has 0 radical (unpaired) electrons. The number of hydrogen-bond donors (Lipinski definition) is 1. The third kappa shape index (κ3) is 5.97. The lowest BCUT2D eigenvalue weighted by Crippen LogP contribution is -2.39. The topological polar surface area (TPSA) is 82.6 Å². The van der Waals surface area contributed by atoms with E-state index in [4.69, 9.17) is 9.47 Å². The Bertz CT molecular complexity index is 822. The van der Waals surface area contributed by atoms with Crippen molar-refractivity contribution in [1.29, 1.82) is 0 Å². The average Bonchev–Trinajstić information content (AvgIpc) is 2.69. The molecule has 1 aromatic heterocycles. The quantitative estimate of drug-likeness (QED) is 0.784. The van der Waals surface area contributed by atoms with Crippen LogP contribution in [0.2, 0.25) is 0 Å². The number of carbonyl (C=O) groups excluding carboxylic acids is 1. The van der Waals surface area contributed by atoms with E-state index in [1.807, 2.05) is 0 Å². The molecule has 0 aliphatic heterocycles. The summed E-state index contributed by atoms with van der Waals surface area (Å²) in [6.07, 6.45) is 1.04. The van der Waals surface area contributed by atoms with Gasteiger partial charge in [-0.15, -0.1) is 13.2 Å². The summed E-state index contributed by atoms with van der Waals surface area (Å²) in [5, 5.41) is 2.90. The van der Waals surface area contributed by atoms with Gasteiger partial charge in [-0.2, -0.15) is 0 Å². The zero-order valence-corrected chi connectivity index (χ0v) is 15.6. The van der Waals surface area contributed by atoms with Crippen LogP contribution in [0, 0.1) is 0 Å². The Kier molecular flexibility index (Phi) is 6.40. The van der Waals surface area contributed by atoms with Crippen LogP contribution < -0.4 is 19.5 Å². The van der Waals surface area contributed by atoms with Crippen molar-refractivity contribution >= 4 is 5.91 Å². The van der Waals surface area contributed by atoms with Crippen LogP contribution in [0.1, 0.15) is 36.0 Å². The van der Waals surface area contributed by atoms with Crippen molar-refractivity contribution in [3.63, 3.8) is 0 Å². The number of benzene rings is 1.